The molecule has 2 aliphatic rings. The van der Waals surface area contributed by atoms with Crippen LogP contribution in [-0.4, -0.2) is 68.7 Å². The van der Waals surface area contributed by atoms with Crippen LogP contribution in [0, 0.1) is 5.92 Å². The number of morpholine rings is 1. The van der Waals surface area contributed by atoms with Crippen molar-refractivity contribution in [3.8, 4) is 0 Å². The third-order valence-corrected chi connectivity index (χ3v) is 5.92. The molecule has 20 heavy (non-hydrogen) atoms. The summed E-state index contributed by atoms with van der Waals surface area (Å²) in [7, 11) is 0.233. The van der Waals surface area contributed by atoms with Crippen molar-refractivity contribution in [2.45, 2.75) is 38.4 Å². The first-order chi connectivity index (χ1) is 9.35. The molecular formula is C13H24N2O4S. The van der Waals surface area contributed by atoms with Gasteiger partial charge in [-0.05, 0) is 12.8 Å². The third kappa shape index (κ3) is 3.15. The molecule has 2 saturated heterocycles. The normalized spacial score (nSPS) is 30.4. The summed E-state index contributed by atoms with van der Waals surface area (Å²) < 4.78 is 31.8. The Morgan fingerprint density at radius 1 is 1.35 bits per heavy atom. The number of sulfonamides is 1. The van der Waals surface area contributed by atoms with Crippen molar-refractivity contribution in [2.75, 3.05) is 32.9 Å². The van der Waals surface area contributed by atoms with Crippen molar-refractivity contribution in [1.82, 2.24) is 9.21 Å². The number of rotatable bonds is 5. The molecular weight excluding hydrogens is 280 g/mol. The van der Waals surface area contributed by atoms with Gasteiger partial charge in [-0.15, -0.1) is 0 Å². The number of carbonyl (C=O) groups is 1. The van der Waals surface area contributed by atoms with Crippen molar-refractivity contribution >= 4 is 15.9 Å². The maximum atomic E-state index is 12.2. The minimum absolute atomic E-state index is 0.0327. The number of unbranched alkanes of at least 4 members (excludes halogenated alkanes) is 1. The van der Waals surface area contributed by atoms with E-state index in [-0.39, 0.29) is 29.8 Å². The first kappa shape index (κ1) is 15.7. The highest BCUT2D eigenvalue weighted by Crippen LogP contribution is 2.34. The van der Waals surface area contributed by atoms with Gasteiger partial charge in [0.1, 0.15) is 0 Å². The molecule has 0 aromatic rings. The molecule has 0 saturated carbocycles. The zero-order valence-electron chi connectivity index (χ0n) is 12.4. The minimum Gasteiger partial charge on any atom is -0.371 e. The van der Waals surface area contributed by atoms with Crippen LogP contribution in [0.3, 0.4) is 0 Å². The van der Waals surface area contributed by atoms with Crippen LogP contribution in [0.5, 0.6) is 0 Å². The van der Waals surface area contributed by atoms with E-state index in [4.69, 9.17) is 4.74 Å². The number of carbonyl (C=O) groups excluding carboxylic acids is 1. The van der Waals surface area contributed by atoms with Crippen LogP contribution in [-0.2, 0) is 19.6 Å². The second-order valence-electron chi connectivity index (χ2n) is 5.86. The molecule has 2 bridgehead atoms. The molecule has 1 amide bonds. The van der Waals surface area contributed by atoms with Gasteiger partial charge < -0.3 is 9.64 Å². The summed E-state index contributed by atoms with van der Waals surface area (Å²) in [6.07, 6.45) is 1.73. The summed E-state index contributed by atoms with van der Waals surface area (Å²) in [5, 5.41) is 0. The van der Waals surface area contributed by atoms with Gasteiger partial charge in [0.15, 0.2) is 0 Å². The predicted molar refractivity (Wildman–Crippen MR) is 75.7 cm³/mol. The number of hydrogen-bond acceptors (Lipinski definition) is 4. The summed E-state index contributed by atoms with van der Waals surface area (Å²) in [5.41, 5.74) is 0. The average Bonchev–Trinajstić information content (AvgIpc) is 2.69. The van der Waals surface area contributed by atoms with Crippen molar-refractivity contribution in [3.05, 3.63) is 0 Å². The highest BCUT2D eigenvalue weighted by molar-refractivity contribution is 7.89. The fraction of sp³-hybridized carbons (Fsp3) is 0.923. The SMILES string of the molecule is CCCCS(=O)(=O)N1C[C@@H]2C[C@@H](C(=O)N(C)C)[C@H](C1)O2. The summed E-state index contributed by atoms with van der Waals surface area (Å²) in [6, 6.07) is 0. The van der Waals surface area contributed by atoms with Crippen LogP contribution in [0.2, 0.25) is 0 Å². The molecule has 2 fully saturated rings. The standard InChI is InChI=1S/C13H24N2O4S/c1-4-5-6-20(17,18)15-8-10-7-11(12(9-15)19-10)13(16)14(2)3/h10-12H,4-9H2,1-3H3/t10-,11+,12-/m0/s1. The number of nitrogens with zero attached hydrogens (tertiary/aromatic N) is 2. The topological polar surface area (TPSA) is 66.9 Å². The monoisotopic (exact) mass is 304 g/mol. The van der Waals surface area contributed by atoms with E-state index in [1.54, 1.807) is 19.0 Å². The zero-order valence-corrected chi connectivity index (χ0v) is 13.2. The minimum atomic E-state index is -3.21. The van der Waals surface area contributed by atoms with Crippen molar-refractivity contribution in [1.29, 1.82) is 0 Å². The highest BCUT2D eigenvalue weighted by Gasteiger charge is 2.47. The molecule has 0 spiro atoms. The van der Waals surface area contributed by atoms with Gasteiger partial charge in [-0.2, -0.15) is 4.31 Å². The van der Waals surface area contributed by atoms with E-state index in [0.717, 1.165) is 6.42 Å². The zero-order chi connectivity index (χ0) is 14.9. The summed E-state index contributed by atoms with van der Waals surface area (Å²) >= 11 is 0. The number of ether oxygens (including phenoxy) is 1. The molecule has 2 aliphatic heterocycles. The van der Waals surface area contributed by atoms with E-state index >= 15 is 0 Å². The van der Waals surface area contributed by atoms with Gasteiger partial charge in [0.25, 0.3) is 0 Å². The lowest BCUT2D eigenvalue weighted by atomic mass is 9.99. The smallest absolute Gasteiger partial charge is 0.227 e. The second kappa shape index (κ2) is 5.99. The van der Waals surface area contributed by atoms with Gasteiger partial charge in [0.05, 0.1) is 23.9 Å². The molecule has 0 unspecified atom stereocenters. The van der Waals surface area contributed by atoms with E-state index in [1.807, 2.05) is 6.92 Å². The number of amides is 1. The first-order valence-corrected chi connectivity index (χ1v) is 8.80. The summed E-state index contributed by atoms with van der Waals surface area (Å²) in [5.74, 6) is 0.0153. The maximum Gasteiger partial charge on any atom is 0.227 e. The Bertz CT molecular complexity index is 463. The maximum absolute atomic E-state index is 12.2. The third-order valence-electron chi connectivity index (χ3n) is 4.03. The van der Waals surface area contributed by atoms with Crippen molar-refractivity contribution < 1.29 is 17.9 Å². The highest BCUT2D eigenvalue weighted by atomic mass is 32.2. The predicted octanol–water partition coefficient (Wildman–Crippen LogP) is 0.294. The van der Waals surface area contributed by atoms with E-state index in [0.29, 0.717) is 25.9 Å². The molecule has 116 valence electrons. The van der Waals surface area contributed by atoms with E-state index in [2.05, 4.69) is 0 Å². The fourth-order valence-corrected chi connectivity index (χ4v) is 4.58. The molecule has 0 radical (unpaired) electrons. The molecule has 2 heterocycles. The molecule has 0 aromatic heterocycles. The Hall–Kier alpha value is -0.660. The van der Waals surface area contributed by atoms with Gasteiger partial charge in [0.2, 0.25) is 15.9 Å². The van der Waals surface area contributed by atoms with Crippen LogP contribution in [0.1, 0.15) is 26.2 Å². The van der Waals surface area contributed by atoms with Crippen LogP contribution >= 0.6 is 0 Å². The van der Waals surface area contributed by atoms with Crippen LogP contribution in [0.4, 0.5) is 0 Å². The molecule has 2 rings (SSSR count). The number of fused-ring (bicyclic) bond motifs is 2. The average molecular weight is 304 g/mol. The fourth-order valence-electron chi connectivity index (χ4n) is 2.90. The Morgan fingerprint density at radius 3 is 2.65 bits per heavy atom. The summed E-state index contributed by atoms with van der Waals surface area (Å²) in [6.45, 7) is 2.68. The van der Waals surface area contributed by atoms with E-state index < -0.39 is 10.0 Å². The van der Waals surface area contributed by atoms with Crippen molar-refractivity contribution in [2.24, 2.45) is 5.92 Å². The Labute approximate surface area is 121 Å². The molecule has 0 aliphatic carbocycles. The first-order valence-electron chi connectivity index (χ1n) is 7.19. The number of hydrogen-bond donors (Lipinski definition) is 0. The van der Waals surface area contributed by atoms with E-state index in [1.165, 1.54) is 4.31 Å². The lowest BCUT2D eigenvalue weighted by Gasteiger charge is -2.32. The molecule has 6 nitrogen and oxygen atoms in total. The van der Waals surface area contributed by atoms with E-state index in [9.17, 15) is 13.2 Å². The van der Waals surface area contributed by atoms with Gasteiger partial charge in [-0.1, -0.05) is 13.3 Å². The summed E-state index contributed by atoms with van der Waals surface area (Å²) in [4.78, 5) is 13.7. The van der Waals surface area contributed by atoms with Crippen LogP contribution in [0.25, 0.3) is 0 Å². The lowest BCUT2D eigenvalue weighted by molar-refractivity contribution is -0.135. The second-order valence-corrected chi connectivity index (χ2v) is 7.95. The Morgan fingerprint density at radius 2 is 2.05 bits per heavy atom. The Balaban J connectivity index is 2.05. The van der Waals surface area contributed by atoms with Crippen LogP contribution in [0.15, 0.2) is 0 Å². The van der Waals surface area contributed by atoms with Gasteiger partial charge in [0, 0.05) is 27.2 Å². The van der Waals surface area contributed by atoms with Gasteiger partial charge in [-0.3, -0.25) is 4.79 Å². The Kier molecular flexibility index (Phi) is 4.71. The van der Waals surface area contributed by atoms with Gasteiger partial charge >= 0.3 is 0 Å². The van der Waals surface area contributed by atoms with Gasteiger partial charge in [-0.25, -0.2) is 8.42 Å². The molecule has 3 atom stereocenters. The lowest BCUT2D eigenvalue weighted by Crippen LogP contribution is -2.48. The molecule has 7 heteroatoms. The molecule has 0 N–H and O–H groups in total. The largest absolute Gasteiger partial charge is 0.371 e. The quantitative estimate of drug-likeness (QED) is 0.732. The van der Waals surface area contributed by atoms with Crippen LogP contribution < -0.4 is 0 Å². The molecule has 0 aromatic carbocycles. The van der Waals surface area contributed by atoms with Crippen molar-refractivity contribution in [3.63, 3.8) is 0 Å².